The van der Waals surface area contributed by atoms with Crippen LogP contribution in [0.1, 0.15) is 31.1 Å². The van der Waals surface area contributed by atoms with E-state index in [1.54, 1.807) is 24.3 Å². The van der Waals surface area contributed by atoms with Crippen molar-refractivity contribution < 1.29 is 27.1 Å². The minimum atomic E-state index is -4.99. The largest absolute Gasteiger partial charge is 0.416 e. The van der Waals surface area contributed by atoms with Gasteiger partial charge in [0.25, 0.3) is 0 Å². The van der Waals surface area contributed by atoms with Crippen LogP contribution in [0.15, 0.2) is 53.3 Å². The average Bonchev–Trinajstić information content (AvgIpc) is 3.41. The maximum atomic E-state index is 14.5. The number of hydrogen-bond donors (Lipinski definition) is 1. The first-order valence-electron chi connectivity index (χ1n) is 11.4. The molecule has 0 saturated carbocycles. The van der Waals surface area contributed by atoms with Crippen molar-refractivity contribution in [2.24, 2.45) is 0 Å². The van der Waals surface area contributed by atoms with E-state index in [4.69, 9.17) is 11.6 Å². The van der Waals surface area contributed by atoms with Gasteiger partial charge in [0, 0.05) is 17.5 Å². The van der Waals surface area contributed by atoms with E-state index in [1.165, 1.54) is 24.3 Å². The Morgan fingerprint density at radius 2 is 1.68 bits per heavy atom. The molecule has 0 saturated heterocycles. The molecule has 8 nitrogen and oxygen atoms in total. The molecule has 0 aliphatic heterocycles. The van der Waals surface area contributed by atoms with Gasteiger partial charge in [0.1, 0.15) is 6.54 Å². The summed E-state index contributed by atoms with van der Waals surface area (Å²) in [6, 6.07) is 12.6. The molecule has 0 spiro atoms. The van der Waals surface area contributed by atoms with E-state index in [-0.39, 0.29) is 17.2 Å². The molecule has 1 N–H and O–H groups in total. The molecule has 14 heteroatoms. The lowest BCUT2D eigenvalue weighted by atomic mass is 10.1. The van der Waals surface area contributed by atoms with Crippen LogP contribution in [-0.4, -0.2) is 46.5 Å². The quantitative estimate of drug-likeness (QED) is 0.321. The summed E-state index contributed by atoms with van der Waals surface area (Å²) in [4.78, 5) is 17.0. The van der Waals surface area contributed by atoms with Crippen molar-refractivity contribution in [3.05, 3.63) is 81.3 Å². The van der Waals surface area contributed by atoms with Crippen molar-refractivity contribution in [1.82, 2.24) is 29.1 Å². The van der Waals surface area contributed by atoms with Gasteiger partial charge in [-0.15, -0.1) is 10.2 Å². The molecule has 4 rings (SSSR count). The molecule has 0 amide bonds. The number of hydrogen-bond acceptors (Lipinski definition) is 5. The smallest absolute Gasteiger partial charge is 0.382 e. The molecule has 0 bridgehead atoms. The third-order valence-electron chi connectivity index (χ3n) is 5.69. The number of aliphatic hydroxyl groups excluding tert-OH is 1. The Bertz CT molecular complexity index is 1490. The lowest BCUT2D eigenvalue weighted by Crippen LogP contribution is -2.37. The Morgan fingerprint density at radius 3 is 2.29 bits per heavy atom. The minimum Gasteiger partial charge on any atom is -0.382 e. The van der Waals surface area contributed by atoms with Crippen LogP contribution in [0.3, 0.4) is 0 Å². The van der Waals surface area contributed by atoms with E-state index < -0.39 is 42.8 Å². The summed E-state index contributed by atoms with van der Waals surface area (Å²) >= 11 is 5.89. The first kappa shape index (κ1) is 27.5. The molecule has 2 heterocycles. The van der Waals surface area contributed by atoms with Gasteiger partial charge in [-0.3, -0.25) is 4.57 Å². The van der Waals surface area contributed by atoms with Crippen LogP contribution in [0.2, 0.25) is 5.02 Å². The van der Waals surface area contributed by atoms with Crippen molar-refractivity contribution in [3.8, 4) is 17.1 Å². The molecule has 1 atom stereocenters. The third kappa shape index (κ3) is 5.63. The van der Waals surface area contributed by atoms with Crippen molar-refractivity contribution in [2.75, 3.05) is 0 Å². The van der Waals surface area contributed by atoms with Gasteiger partial charge in [-0.1, -0.05) is 36.7 Å². The molecule has 2 aromatic carbocycles. The zero-order chi connectivity index (χ0) is 27.8. The topological polar surface area (TPSA) is 90.8 Å². The van der Waals surface area contributed by atoms with Crippen LogP contribution in [0, 0.1) is 0 Å². The van der Waals surface area contributed by atoms with Crippen LogP contribution in [-0.2, 0) is 25.4 Å². The highest BCUT2D eigenvalue weighted by molar-refractivity contribution is 6.30. The standard InChI is InChI=1S/C24H22ClF5N6O2/c1-3-14-6-4-5-7-17(14)36-21(23(2,26)27)31-19(32-36)13-35-22(38)34(12-18(37)24(28,29)30)20(33-35)15-8-10-16(25)11-9-15/h4-11,18,37H,3,12-13H2,1-2H3/t18-/m0/s1. The minimum absolute atomic E-state index is 0.188. The van der Waals surface area contributed by atoms with E-state index in [9.17, 15) is 31.9 Å². The first-order valence-corrected chi connectivity index (χ1v) is 11.8. The molecule has 0 unspecified atom stereocenters. The third-order valence-corrected chi connectivity index (χ3v) is 5.95. The van der Waals surface area contributed by atoms with E-state index in [0.717, 1.165) is 14.9 Å². The molecular weight excluding hydrogens is 535 g/mol. The van der Waals surface area contributed by atoms with Gasteiger partial charge in [-0.05, 0) is 42.3 Å². The number of halogens is 6. The zero-order valence-electron chi connectivity index (χ0n) is 20.1. The van der Waals surface area contributed by atoms with Gasteiger partial charge in [-0.25, -0.2) is 19.1 Å². The fourth-order valence-electron chi connectivity index (χ4n) is 3.82. The number of aryl methyl sites for hydroxylation is 1. The fourth-order valence-corrected chi connectivity index (χ4v) is 3.95. The number of aromatic nitrogens is 6. The summed E-state index contributed by atoms with van der Waals surface area (Å²) in [5.74, 6) is -4.47. The summed E-state index contributed by atoms with van der Waals surface area (Å²) in [5, 5.41) is 18.3. The number of rotatable bonds is 8. The maximum Gasteiger partial charge on any atom is 0.416 e. The highest BCUT2D eigenvalue weighted by Crippen LogP contribution is 2.29. The van der Waals surface area contributed by atoms with E-state index in [1.807, 2.05) is 6.92 Å². The van der Waals surface area contributed by atoms with Crippen LogP contribution < -0.4 is 5.69 Å². The highest BCUT2D eigenvalue weighted by Gasteiger charge is 2.39. The number of aliphatic hydroxyl groups is 1. The predicted molar refractivity (Wildman–Crippen MR) is 128 cm³/mol. The number of benzene rings is 2. The molecule has 4 aromatic rings. The van der Waals surface area contributed by atoms with Crippen LogP contribution in [0.25, 0.3) is 17.1 Å². The van der Waals surface area contributed by atoms with Crippen molar-refractivity contribution in [2.45, 2.75) is 51.6 Å². The lowest BCUT2D eigenvalue weighted by molar-refractivity contribution is -0.207. The van der Waals surface area contributed by atoms with Gasteiger partial charge in [-0.2, -0.15) is 22.0 Å². The van der Waals surface area contributed by atoms with Crippen molar-refractivity contribution >= 4 is 11.6 Å². The van der Waals surface area contributed by atoms with Crippen LogP contribution in [0.4, 0.5) is 22.0 Å². The second kappa shape index (κ2) is 10.3. The molecule has 202 valence electrons. The van der Waals surface area contributed by atoms with Gasteiger partial charge in [0.05, 0.1) is 12.2 Å². The Hall–Kier alpha value is -3.58. The Balaban J connectivity index is 1.81. The summed E-state index contributed by atoms with van der Waals surface area (Å²) < 4.78 is 70.6. The average molecular weight is 557 g/mol. The molecule has 2 aromatic heterocycles. The van der Waals surface area contributed by atoms with E-state index in [0.29, 0.717) is 28.6 Å². The maximum absolute atomic E-state index is 14.5. The number of para-hydroxylation sites is 1. The monoisotopic (exact) mass is 556 g/mol. The van der Waals surface area contributed by atoms with Crippen LogP contribution >= 0.6 is 11.6 Å². The zero-order valence-corrected chi connectivity index (χ0v) is 20.9. The first-order chi connectivity index (χ1) is 17.8. The van der Waals surface area contributed by atoms with Gasteiger partial charge < -0.3 is 5.11 Å². The molecule has 0 aliphatic rings. The van der Waals surface area contributed by atoms with Crippen LogP contribution in [0.5, 0.6) is 0 Å². The normalized spacial score (nSPS) is 13.2. The molecule has 0 radical (unpaired) electrons. The van der Waals surface area contributed by atoms with Crippen molar-refractivity contribution in [3.63, 3.8) is 0 Å². The SMILES string of the molecule is CCc1ccccc1-n1nc(Cn2nc(-c3ccc(Cl)cc3)n(C[C@H](O)C(F)(F)F)c2=O)nc1C(C)(F)F. The van der Waals surface area contributed by atoms with E-state index in [2.05, 4.69) is 15.2 Å². The molecule has 0 aliphatic carbocycles. The van der Waals surface area contributed by atoms with Gasteiger partial charge in [0.2, 0.25) is 5.82 Å². The predicted octanol–water partition coefficient (Wildman–Crippen LogP) is 4.59. The fraction of sp³-hybridized carbons (Fsp3) is 0.333. The summed E-state index contributed by atoms with van der Waals surface area (Å²) in [6.07, 6.45) is -7.32. The summed E-state index contributed by atoms with van der Waals surface area (Å²) in [7, 11) is 0. The van der Waals surface area contributed by atoms with Gasteiger partial charge >= 0.3 is 17.8 Å². The summed E-state index contributed by atoms with van der Waals surface area (Å²) in [5.41, 5.74) is 0.324. The Morgan fingerprint density at radius 1 is 1.03 bits per heavy atom. The Kier molecular flexibility index (Phi) is 7.44. The molecule has 38 heavy (non-hydrogen) atoms. The van der Waals surface area contributed by atoms with Gasteiger partial charge in [0.15, 0.2) is 17.8 Å². The van der Waals surface area contributed by atoms with Crippen molar-refractivity contribution in [1.29, 1.82) is 0 Å². The molecular formula is C24H22ClF5N6O2. The number of alkyl halides is 5. The molecule has 0 fully saturated rings. The number of nitrogens with zero attached hydrogens (tertiary/aromatic N) is 6. The lowest BCUT2D eigenvalue weighted by Gasteiger charge is -2.15. The highest BCUT2D eigenvalue weighted by atomic mass is 35.5. The van der Waals surface area contributed by atoms with E-state index >= 15 is 0 Å². The summed E-state index contributed by atoms with van der Waals surface area (Å²) in [6.45, 7) is 0.855. The second-order valence-corrected chi connectivity index (χ2v) is 9.01. The Labute approximate surface area is 217 Å². The second-order valence-electron chi connectivity index (χ2n) is 8.57.